The molecule has 0 radical (unpaired) electrons. The number of nitrogens with zero attached hydrogens (tertiary/aromatic N) is 2. The van der Waals surface area contributed by atoms with E-state index in [4.69, 9.17) is 11.6 Å². The van der Waals surface area contributed by atoms with Crippen LogP contribution >= 0.6 is 11.6 Å². The average Bonchev–Trinajstić information content (AvgIpc) is 2.47. The van der Waals surface area contributed by atoms with Crippen LogP contribution in [0.25, 0.3) is 0 Å². The third-order valence-electron chi connectivity index (χ3n) is 2.62. The van der Waals surface area contributed by atoms with E-state index in [-0.39, 0.29) is 11.6 Å². The van der Waals surface area contributed by atoms with Gasteiger partial charge in [0.2, 0.25) is 0 Å². The average molecular weight is 303 g/mol. The molecule has 6 heteroatoms. The van der Waals surface area contributed by atoms with Crippen molar-refractivity contribution in [1.82, 2.24) is 9.97 Å². The molecule has 0 fully saturated rings. The molecule has 0 aliphatic rings. The Morgan fingerprint density at radius 2 is 2.14 bits per heavy atom. The molecular weight excluding hydrogens is 288 g/mol. The summed E-state index contributed by atoms with van der Waals surface area (Å²) in [6.45, 7) is 5.91. The maximum Gasteiger partial charge on any atom is 0.274 e. The van der Waals surface area contributed by atoms with Gasteiger partial charge < -0.3 is 10.6 Å². The van der Waals surface area contributed by atoms with E-state index in [0.717, 1.165) is 0 Å². The van der Waals surface area contributed by atoms with Gasteiger partial charge in [-0.25, -0.2) is 9.97 Å². The fourth-order valence-corrected chi connectivity index (χ4v) is 1.88. The normalized spacial score (nSPS) is 10.0. The number of aryl methyl sites for hydroxylation is 1. The van der Waals surface area contributed by atoms with Crippen LogP contribution in [-0.2, 0) is 0 Å². The molecule has 1 aromatic heterocycles. The monoisotopic (exact) mass is 302 g/mol. The van der Waals surface area contributed by atoms with Crippen molar-refractivity contribution in [3.63, 3.8) is 0 Å². The van der Waals surface area contributed by atoms with Crippen LogP contribution < -0.4 is 10.6 Å². The number of anilines is 2. The van der Waals surface area contributed by atoms with Gasteiger partial charge in [-0.1, -0.05) is 29.8 Å². The Morgan fingerprint density at radius 3 is 2.86 bits per heavy atom. The minimum Gasteiger partial charge on any atom is -0.366 e. The Morgan fingerprint density at radius 1 is 1.38 bits per heavy atom. The molecule has 0 bridgehead atoms. The number of rotatable bonds is 5. The molecular formula is C15H15ClN4O. The van der Waals surface area contributed by atoms with Crippen LogP contribution in [0.5, 0.6) is 0 Å². The Labute approximate surface area is 128 Å². The molecule has 0 aliphatic carbocycles. The van der Waals surface area contributed by atoms with Gasteiger partial charge in [-0.2, -0.15) is 0 Å². The van der Waals surface area contributed by atoms with E-state index in [2.05, 4.69) is 27.2 Å². The van der Waals surface area contributed by atoms with Gasteiger partial charge in [-0.15, -0.1) is 6.58 Å². The minimum absolute atomic E-state index is 0.272. The molecule has 21 heavy (non-hydrogen) atoms. The molecule has 1 aromatic carbocycles. The number of carbonyl (C=O) groups is 1. The van der Waals surface area contributed by atoms with Crippen molar-refractivity contribution < 1.29 is 4.79 Å². The number of halogens is 1. The fourth-order valence-electron chi connectivity index (χ4n) is 1.70. The maximum absolute atomic E-state index is 12.2. The number of para-hydroxylation sites is 1. The van der Waals surface area contributed by atoms with Gasteiger partial charge in [0, 0.05) is 12.6 Å². The van der Waals surface area contributed by atoms with Crippen LogP contribution in [0.1, 0.15) is 16.3 Å². The van der Waals surface area contributed by atoms with Crippen LogP contribution in [-0.4, -0.2) is 22.4 Å². The first-order valence-electron chi connectivity index (χ1n) is 6.36. The molecule has 5 nitrogen and oxygen atoms in total. The lowest BCUT2D eigenvalue weighted by molar-refractivity contribution is 0.102. The van der Waals surface area contributed by atoms with Crippen molar-refractivity contribution in [2.24, 2.45) is 0 Å². The summed E-state index contributed by atoms with van der Waals surface area (Å²) < 4.78 is 0. The molecule has 0 unspecified atom stereocenters. The number of amides is 1. The second kappa shape index (κ2) is 6.85. The number of hydrogen-bond acceptors (Lipinski definition) is 4. The molecule has 2 N–H and O–H groups in total. The standard InChI is InChI=1S/C15H15ClN4O/c1-3-8-17-14-9-13(18-10(2)19-14)15(21)20-12-7-5-4-6-11(12)16/h3-7,9H,1,8H2,2H3,(H,20,21)(H,17,18,19). The van der Waals surface area contributed by atoms with Gasteiger partial charge in [-0.3, -0.25) is 4.79 Å². The Bertz CT molecular complexity index is 672. The first kappa shape index (κ1) is 15.0. The SMILES string of the molecule is C=CCNc1cc(C(=O)Nc2ccccc2Cl)nc(C)n1. The van der Waals surface area contributed by atoms with E-state index in [1.165, 1.54) is 0 Å². The second-order valence-electron chi connectivity index (χ2n) is 4.29. The summed E-state index contributed by atoms with van der Waals surface area (Å²) in [7, 11) is 0. The summed E-state index contributed by atoms with van der Waals surface area (Å²) in [5, 5.41) is 6.23. The zero-order valence-electron chi connectivity index (χ0n) is 11.6. The highest BCUT2D eigenvalue weighted by Crippen LogP contribution is 2.21. The summed E-state index contributed by atoms with van der Waals surface area (Å²) in [5.74, 6) is 0.746. The summed E-state index contributed by atoms with van der Waals surface area (Å²) >= 11 is 6.02. The maximum atomic E-state index is 12.2. The topological polar surface area (TPSA) is 66.9 Å². The van der Waals surface area contributed by atoms with Crippen LogP contribution in [0.4, 0.5) is 11.5 Å². The third-order valence-corrected chi connectivity index (χ3v) is 2.95. The van der Waals surface area contributed by atoms with Crippen LogP contribution in [0.15, 0.2) is 43.0 Å². The van der Waals surface area contributed by atoms with Crippen molar-refractivity contribution in [3.8, 4) is 0 Å². The summed E-state index contributed by atoms with van der Waals surface area (Å²) in [5.41, 5.74) is 0.815. The summed E-state index contributed by atoms with van der Waals surface area (Å²) in [6, 6.07) is 8.61. The van der Waals surface area contributed by atoms with Gasteiger partial charge in [0.15, 0.2) is 0 Å². The molecule has 0 spiro atoms. The summed E-state index contributed by atoms with van der Waals surface area (Å²) in [6.07, 6.45) is 1.71. The Kier molecular flexibility index (Phi) is 4.90. The summed E-state index contributed by atoms with van der Waals surface area (Å²) in [4.78, 5) is 20.6. The molecule has 0 aliphatic heterocycles. The third kappa shape index (κ3) is 4.03. The van der Waals surface area contributed by atoms with Crippen LogP contribution in [0, 0.1) is 6.92 Å². The Hall–Kier alpha value is -2.40. The molecule has 2 rings (SSSR count). The van der Waals surface area contributed by atoms with Crippen LogP contribution in [0.3, 0.4) is 0 Å². The van der Waals surface area contributed by atoms with Crippen molar-refractivity contribution in [1.29, 1.82) is 0 Å². The minimum atomic E-state index is -0.338. The molecule has 0 saturated heterocycles. The number of hydrogen-bond donors (Lipinski definition) is 2. The first-order valence-corrected chi connectivity index (χ1v) is 6.74. The zero-order valence-corrected chi connectivity index (χ0v) is 12.3. The molecule has 1 heterocycles. The van der Waals surface area contributed by atoms with E-state index in [9.17, 15) is 4.79 Å². The van der Waals surface area contributed by atoms with Crippen molar-refractivity contribution in [3.05, 3.63) is 59.5 Å². The second-order valence-corrected chi connectivity index (χ2v) is 4.70. The van der Waals surface area contributed by atoms with Gasteiger partial charge in [0.05, 0.1) is 10.7 Å². The first-order chi connectivity index (χ1) is 10.1. The van der Waals surface area contributed by atoms with Crippen molar-refractivity contribution in [2.75, 3.05) is 17.2 Å². The lowest BCUT2D eigenvalue weighted by atomic mass is 10.3. The van der Waals surface area contributed by atoms with Crippen LogP contribution in [0.2, 0.25) is 5.02 Å². The van der Waals surface area contributed by atoms with E-state index in [0.29, 0.717) is 28.9 Å². The van der Waals surface area contributed by atoms with Crippen molar-refractivity contribution in [2.45, 2.75) is 6.92 Å². The zero-order chi connectivity index (χ0) is 15.2. The number of carbonyl (C=O) groups excluding carboxylic acids is 1. The van der Waals surface area contributed by atoms with E-state index >= 15 is 0 Å². The molecule has 0 saturated carbocycles. The molecule has 108 valence electrons. The number of benzene rings is 1. The molecule has 2 aromatic rings. The molecule has 0 atom stereocenters. The lowest BCUT2D eigenvalue weighted by Gasteiger charge is -2.09. The van der Waals surface area contributed by atoms with E-state index in [1.807, 2.05) is 0 Å². The number of nitrogens with one attached hydrogen (secondary N) is 2. The van der Waals surface area contributed by atoms with Gasteiger partial charge in [-0.05, 0) is 19.1 Å². The molecule has 1 amide bonds. The van der Waals surface area contributed by atoms with E-state index in [1.54, 1.807) is 43.3 Å². The van der Waals surface area contributed by atoms with Gasteiger partial charge >= 0.3 is 0 Å². The number of aromatic nitrogens is 2. The van der Waals surface area contributed by atoms with Gasteiger partial charge in [0.1, 0.15) is 17.3 Å². The van der Waals surface area contributed by atoms with Crippen molar-refractivity contribution >= 4 is 29.0 Å². The highest BCUT2D eigenvalue weighted by atomic mass is 35.5. The largest absolute Gasteiger partial charge is 0.366 e. The highest BCUT2D eigenvalue weighted by Gasteiger charge is 2.12. The predicted molar refractivity (Wildman–Crippen MR) is 84.9 cm³/mol. The smallest absolute Gasteiger partial charge is 0.274 e. The quantitative estimate of drug-likeness (QED) is 0.832. The fraction of sp³-hybridized carbons (Fsp3) is 0.133. The van der Waals surface area contributed by atoms with E-state index < -0.39 is 0 Å². The van der Waals surface area contributed by atoms with Gasteiger partial charge in [0.25, 0.3) is 5.91 Å². The lowest BCUT2D eigenvalue weighted by Crippen LogP contribution is -2.16. The Balaban J connectivity index is 2.20. The highest BCUT2D eigenvalue weighted by molar-refractivity contribution is 6.33. The predicted octanol–water partition coefficient (Wildman–Crippen LogP) is 3.29.